The van der Waals surface area contributed by atoms with Gasteiger partial charge in [0, 0.05) is 22.2 Å². The normalized spacial score (nSPS) is 22.1. The maximum atomic E-state index is 14.2. The van der Waals surface area contributed by atoms with Crippen molar-refractivity contribution in [3.63, 3.8) is 0 Å². The molecule has 0 radical (unpaired) electrons. The van der Waals surface area contributed by atoms with Crippen molar-refractivity contribution < 1.29 is 34.1 Å². The smallest absolute Gasteiger partial charge is 0.417 e. The monoisotopic (exact) mass is 537 g/mol. The van der Waals surface area contributed by atoms with E-state index < -0.39 is 46.4 Å². The predicted octanol–water partition coefficient (Wildman–Crippen LogP) is 5.10. The number of carbonyl (C=O) groups is 3. The molecular weight excluding hydrogens is 502 g/mol. The number of Topliss-reactive ketones (excluding diaryl/α,β-unsaturated/α-hetero) is 1. The first-order chi connectivity index (χ1) is 17.9. The Hall–Kier alpha value is -3.92. The van der Waals surface area contributed by atoms with Gasteiger partial charge in [0.25, 0.3) is 5.79 Å². The van der Waals surface area contributed by atoms with Crippen LogP contribution in [0.1, 0.15) is 88.4 Å². The summed E-state index contributed by atoms with van der Waals surface area (Å²) in [5.74, 6) is -3.02. The zero-order chi connectivity index (χ0) is 29.1. The van der Waals surface area contributed by atoms with E-state index in [1.807, 2.05) is 19.9 Å². The standard InChI is InChI=1S/C29H35N3O7/c1-16(2)17-13-14-20-21(15-17)38-29(37)19-12-10-9-11-18(19)22(33)28(20,29)31-23(30-24(34)35)32(26(3,4)5)25(36)39-27(6,7)8/h9-16,37H,1-8H3,(H,30,31)(H,34,35). The molecule has 0 fully saturated rings. The van der Waals surface area contributed by atoms with Gasteiger partial charge in [-0.25, -0.2) is 19.5 Å². The van der Waals surface area contributed by atoms with Gasteiger partial charge in [-0.05, 0) is 59.1 Å². The maximum absolute atomic E-state index is 14.2. The fourth-order valence-corrected chi connectivity index (χ4v) is 4.96. The number of amides is 2. The number of nitrogens with one attached hydrogen (secondary N) is 1. The van der Waals surface area contributed by atoms with Gasteiger partial charge in [0.15, 0.2) is 0 Å². The average molecular weight is 538 g/mol. The number of ether oxygens (including phenoxy) is 2. The Kier molecular flexibility index (Phi) is 6.54. The molecule has 2 unspecified atom stereocenters. The summed E-state index contributed by atoms with van der Waals surface area (Å²) in [6.07, 6.45) is -2.41. The highest BCUT2D eigenvalue weighted by Crippen LogP contribution is 2.60. The van der Waals surface area contributed by atoms with Crippen LogP contribution in [-0.2, 0) is 16.1 Å². The van der Waals surface area contributed by atoms with Gasteiger partial charge in [0.2, 0.25) is 17.3 Å². The first kappa shape index (κ1) is 28.1. The number of hydrogen-bond donors (Lipinski definition) is 3. The summed E-state index contributed by atoms with van der Waals surface area (Å²) in [4.78, 5) is 45.3. The first-order valence-corrected chi connectivity index (χ1v) is 12.8. The molecule has 1 aliphatic carbocycles. The van der Waals surface area contributed by atoms with Crippen molar-refractivity contribution in [3.05, 3.63) is 64.7 Å². The highest BCUT2D eigenvalue weighted by molar-refractivity contribution is 6.13. The molecule has 3 N–H and O–H groups in total. The summed E-state index contributed by atoms with van der Waals surface area (Å²) >= 11 is 0. The predicted molar refractivity (Wildman–Crippen MR) is 144 cm³/mol. The second-order valence-corrected chi connectivity index (χ2v) is 12.1. The Morgan fingerprint density at radius 2 is 1.69 bits per heavy atom. The lowest BCUT2D eigenvalue weighted by atomic mass is 9.83. The van der Waals surface area contributed by atoms with E-state index >= 15 is 0 Å². The van der Waals surface area contributed by atoms with Crippen molar-refractivity contribution in [1.82, 2.24) is 10.2 Å². The average Bonchev–Trinajstić information content (AvgIpc) is 3.13. The van der Waals surface area contributed by atoms with Gasteiger partial charge >= 0.3 is 12.2 Å². The van der Waals surface area contributed by atoms with Crippen LogP contribution in [0.5, 0.6) is 5.75 Å². The van der Waals surface area contributed by atoms with Crippen molar-refractivity contribution >= 4 is 23.9 Å². The highest BCUT2D eigenvalue weighted by Gasteiger charge is 2.71. The molecule has 2 atom stereocenters. The summed E-state index contributed by atoms with van der Waals surface area (Å²) in [5, 5.41) is 24.1. The molecule has 0 saturated carbocycles. The molecule has 2 aliphatic rings. The Labute approximate surface area is 227 Å². The lowest BCUT2D eigenvalue weighted by Crippen LogP contribution is -2.58. The largest absolute Gasteiger partial charge is 0.465 e. The van der Waals surface area contributed by atoms with Crippen LogP contribution in [-0.4, -0.2) is 50.2 Å². The third-order valence-corrected chi connectivity index (χ3v) is 6.63. The second kappa shape index (κ2) is 9.08. The van der Waals surface area contributed by atoms with E-state index in [0.717, 1.165) is 10.5 Å². The number of aliphatic imine (C=N–C) groups is 1. The lowest BCUT2D eigenvalue weighted by molar-refractivity contribution is -0.162. The van der Waals surface area contributed by atoms with Gasteiger partial charge in [0.1, 0.15) is 11.4 Å². The zero-order valence-corrected chi connectivity index (χ0v) is 23.4. The minimum atomic E-state index is -2.30. The topological polar surface area (TPSA) is 138 Å². The highest BCUT2D eigenvalue weighted by atomic mass is 16.6. The van der Waals surface area contributed by atoms with Crippen LogP contribution in [0.2, 0.25) is 0 Å². The third kappa shape index (κ3) is 4.52. The van der Waals surface area contributed by atoms with E-state index in [2.05, 4.69) is 10.3 Å². The third-order valence-electron chi connectivity index (χ3n) is 6.63. The summed E-state index contributed by atoms with van der Waals surface area (Å²) in [6, 6.07) is 11.6. The molecular formula is C29H35N3O7. The molecule has 39 heavy (non-hydrogen) atoms. The SMILES string of the molecule is CC(C)c1ccc2c(c1)OC1(O)c3ccccc3C(=O)C21N=C(NC(=O)O)N(C(=O)OC(C)(C)C)C(C)(C)C. The Bertz CT molecular complexity index is 1390. The number of nitrogens with zero attached hydrogens (tertiary/aromatic N) is 2. The van der Waals surface area contributed by atoms with Gasteiger partial charge in [-0.2, -0.15) is 0 Å². The number of aliphatic hydroxyl groups is 1. The quantitative estimate of drug-likeness (QED) is 0.358. The number of guanidine groups is 1. The van der Waals surface area contributed by atoms with Gasteiger partial charge in [0.05, 0.1) is 0 Å². The molecule has 2 aromatic rings. The second-order valence-electron chi connectivity index (χ2n) is 12.1. The molecule has 2 aromatic carbocycles. The minimum absolute atomic E-state index is 0.129. The molecule has 2 amide bonds. The molecule has 208 valence electrons. The number of fused-ring (bicyclic) bond motifs is 5. The van der Waals surface area contributed by atoms with E-state index in [0.29, 0.717) is 0 Å². The van der Waals surface area contributed by atoms with E-state index in [9.17, 15) is 24.6 Å². The van der Waals surface area contributed by atoms with Crippen LogP contribution < -0.4 is 10.1 Å². The van der Waals surface area contributed by atoms with Crippen LogP contribution >= 0.6 is 0 Å². The Balaban J connectivity index is 2.05. The van der Waals surface area contributed by atoms with E-state index in [-0.39, 0.29) is 28.4 Å². The van der Waals surface area contributed by atoms with Crippen molar-refractivity contribution in [3.8, 4) is 5.75 Å². The molecule has 0 aromatic heterocycles. The Morgan fingerprint density at radius 1 is 1.05 bits per heavy atom. The summed E-state index contributed by atoms with van der Waals surface area (Å²) in [5.41, 5.74) is -2.60. The first-order valence-electron chi connectivity index (χ1n) is 12.8. The number of carbonyl (C=O) groups excluding carboxylic acids is 2. The van der Waals surface area contributed by atoms with Gasteiger partial charge < -0.3 is 19.7 Å². The van der Waals surface area contributed by atoms with Gasteiger partial charge in [-0.1, -0.05) is 50.2 Å². The number of hydrogen-bond acceptors (Lipinski definition) is 7. The summed E-state index contributed by atoms with van der Waals surface area (Å²) in [6.45, 7) is 14.0. The van der Waals surface area contributed by atoms with Crippen LogP contribution in [0.4, 0.5) is 9.59 Å². The van der Waals surface area contributed by atoms with Crippen molar-refractivity contribution in [2.45, 2.75) is 83.8 Å². The lowest BCUT2D eigenvalue weighted by Gasteiger charge is -2.38. The van der Waals surface area contributed by atoms with Crippen molar-refractivity contribution in [2.75, 3.05) is 0 Å². The molecule has 10 nitrogen and oxygen atoms in total. The molecule has 1 aliphatic heterocycles. The van der Waals surface area contributed by atoms with Gasteiger partial charge in [-0.3, -0.25) is 10.1 Å². The van der Waals surface area contributed by atoms with Crippen LogP contribution in [0.15, 0.2) is 47.5 Å². The molecule has 0 saturated heterocycles. The number of benzene rings is 2. The van der Waals surface area contributed by atoms with Crippen LogP contribution in [0.3, 0.4) is 0 Å². The van der Waals surface area contributed by atoms with E-state index in [1.165, 1.54) is 0 Å². The Morgan fingerprint density at radius 3 is 2.26 bits per heavy atom. The van der Waals surface area contributed by atoms with Gasteiger partial charge in [-0.15, -0.1) is 0 Å². The summed E-state index contributed by atoms with van der Waals surface area (Å²) < 4.78 is 11.7. The number of ketones is 1. The van der Waals surface area contributed by atoms with E-state index in [1.54, 1.807) is 77.9 Å². The molecule has 1 heterocycles. The number of rotatable bonds is 2. The van der Waals surface area contributed by atoms with Crippen LogP contribution in [0, 0.1) is 0 Å². The van der Waals surface area contributed by atoms with Crippen molar-refractivity contribution in [2.24, 2.45) is 4.99 Å². The minimum Gasteiger partial charge on any atom is -0.465 e. The maximum Gasteiger partial charge on any atom is 0.417 e. The molecule has 0 bridgehead atoms. The van der Waals surface area contributed by atoms with E-state index in [4.69, 9.17) is 9.47 Å². The van der Waals surface area contributed by atoms with Crippen molar-refractivity contribution in [1.29, 1.82) is 0 Å². The fraction of sp³-hybridized carbons (Fsp3) is 0.448. The fourth-order valence-electron chi connectivity index (χ4n) is 4.96. The number of carboxylic acid groups (broad SMARTS) is 1. The summed E-state index contributed by atoms with van der Waals surface area (Å²) in [7, 11) is 0. The molecule has 4 rings (SSSR count). The van der Waals surface area contributed by atoms with Crippen LogP contribution in [0.25, 0.3) is 0 Å². The zero-order valence-electron chi connectivity index (χ0n) is 23.4. The molecule has 0 spiro atoms. The molecule has 10 heteroatoms.